The largest absolute Gasteiger partial charge is 0.386 e. The van der Waals surface area contributed by atoms with Crippen LogP contribution in [0.25, 0.3) is 0 Å². The Balaban J connectivity index is 3.00. The van der Waals surface area contributed by atoms with Crippen molar-refractivity contribution in [1.29, 1.82) is 0 Å². The minimum atomic E-state index is 0.00601. The number of amidine groups is 1. The summed E-state index contributed by atoms with van der Waals surface area (Å²) >= 11 is 5.48. The van der Waals surface area contributed by atoms with E-state index in [4.69, 9.17) is 17.3 Å². The predicted molar refractivity (Wildman–Crippen MR) is 58.4 cm³/mol. The zero-order valence-electron chi connectivity index (χ0n) is 7.83. The van der Waals surface area contributed by atoms with E-state index in [1.54, 1.807) is 24.3 Å². The van der Waals surface area contributed by atoms with Crippen LogP contribution < -0.4 is 5.73 Å². The van der Waals surface area contributed by atoms with E-state index in [1.807, 2.05) is 0 Å². The van der Waals surface area contributed by atoms with E-state index in [1.165, 1.54) is 6.92 Å². The number of carbonyl (C=O) groups excluding carboxylic acids is 1. The van der Waals surface area contributed by atoms with Crippen molar-refractivity contribution in [2.75, 3.05) is 5.88 Å². The van der Waals surface area contributed by atoms with Crippen LogP contribution in [0.4, 0.5) is 5.69 Å². The van der Waals surface area contributed by atoms with Crippen LogP contribution in [-0.4, -0.2) is 17.5 Å². The maximum absolute atomic E-state index is 11.0. The van der Waals surface area contributed by atoms with Crippen molar-refractivity contribution < 1.29 is 4.79 Å². The number of hydrogen-bond acceptors (Lipinski definition) is 2. The van der Waals surface area contributed by atoms with Gasteiger partial charge in [0.1, 0.15) is 5.84 Å². The van der Waals surface area contributed by atoms with Crippen molar-refractivity contribution in [3.05, 3.63) is 29.8 Å². The fraction of sp³-hybridized carbons (Fsp3) is 0.200. The van der Waals surface area contributed by atoms with Crippen LogP contribution >= 0.6 is 11.6 Å². The standard InChI is InChI=1S/C10H11ClN2O/c1-7(14)8-3-2-4-9(5-8)13-10(12)6-11/h2-5H,6H2,1H3,(H2,12,13). The van der Waals surface area contributed by atoms with Gasteiger partial charge in [0.25, 0.3) is 0 Å². The van der Waals surface area contributed by atoms with Gasteiger partial charge in [-0.15, -0.1) is 11.6 Å². The number of nitrogens with two attached hydrogens (primary N) is 1. The van der Waals surface area contributed by atoms with Crippen molar-refractivity contribution in [3.63, 3.8) is 0 Å². The van der Waals surface area contributed by atoms with E-state index in [2.05, 4.69) is 4.99 Å². The van der Waals surface area contributed by atoms with E-state index in [-0.39, 0.29) is 11.7 Å². The van der Waals surface area contributed by atoms with Gasteiger partial charge in [0.05, 0.1) is 11.6 Å². The Morgan fingerprint density at radius 3 is 2.86 bits per heavy atom. The molecule has 0 radical (unpaired) electrons. The van der Waals surface area contributed by atoms with Gasteiger partial charge in [0.15, 0.2) is 5.78 Å². The zero-order chi connectivity index (χ0) is 10.6. The number of halogens is 1. The third-order valence-corrected chi connectivity index (χ3v) is 1.94. The summed E-state index contributed by atoms with van der Waals surface area (Å²) in [6.07, 6.45) is 0. The van der Waals surface area contributed by atoms with Gasteiger partial charge in [0.2, 0.25) is 0 Å². The molecule has 0 aliphatic heterocycles. The fourth-order valence-electron chi connectivity index (χ4n) is 0.990. The first-order valence-corrected chi connectivity index (χ1v) is 4.67. The van der Waals surface area contributed by atoms with Crippen molar-refractivity contribution in [2.24, 2.45) is 10.7 Å². The molecule has 0 aromatic heterocycles. The minimum Gasteiger partial charge on any atom is -0.386 e. The highest BCUT2D eigenvalue weighted by molar-refractivity contribution is 6.28. The smallest absolute Gasteiger partial charge is 0.159 e. The van der Waals surface area contributed by atoms with Crippen LogP contribution in [-0.2, 0) is 0 Å². The molecule has 0 aliphatic rings. The average Bonchev–Trinajstić information content (AvgIpc) is 2.18. The first-order valence-electron chi connectivity index (χ1n) is 4.13. The monoisotopic (exact) mass is 210 g/mol. The maximum Gasteiger partial charge on any atom is 0.159 e. The molecule has 2 N–H and O–H groups in total. The Hall–Kier alpha value is -1.35. The number of aliphatic imine (C=N–C) groups is 1. The summed E-state index contributed by atoms with van der Waals surface area (Å²) in [6, 6.07) is 6.95. The van der Waals surface area contributed by atoms with Gasteiger partial charge in [-0.05, 0) is 19.1 Å². The van der Waals surface area contributed by atoms with Crippen LogP contribution in [0.1, 0.15) is 17.3 Å². The third-order valence-electron chi connectivity index (χ3n) is 1.66. The van der Waals surface area contributed by atoms with Gasteiger partial charge in [-0.3, -0.25) is 4.79 Å². The van der Waals surface area contributed by atoms with Crippen molar-refractivity contribution >= 4 is 28.9 Å². The highest BCUT2D eigenvalue weighted by Crippen LogP contribution is 2.14. The van der Waals surface area contributed by atoms with E-state index < -0.39 is 0 Å². The van der Waals surface area contributed by atoms with Crippen LogP contribution in [0.5, 0.6) is 0 Å². The summed E-state index contributed by atoms with van der Waals surface area (Å²) in [5.74, 6) is 0.531. The lowest BCUT2D eigenvalue weighted by Crippen LogP contribution is -2.12. The average molecular weight is 211 g/mol. The molecule has 74 valence electrons. The SMILES string of the molecule is CC(=O)c1cccc(N=C(N)CCl)c1. The summed E-state index contributed by atoms with van der Waals surface area (Å²) < 4.78 is 0. The summed E-state index contributed by atoms with van der Waals surface area (Å²) in [5.41, 5.74) is 6.73. The normalized spacial score (nSPS) is 11.4. The van der Waals surface area contributed by atoms with Crippen LogP contribution in [0, 0.1) is 0 Å². The lowest BCUT2D eigenvalue weighted by atomic mass is 10.1. The lowest BCUT2D eigenvalue weighted by Gasteiger charge is -1.98. The minimum absolute atomic E-state index is 0.00601. The summed E-state index contributed by atoms with van der Waals surface area (Å²) in [7, 11) is 0. The number of Topliss-reactive ketones (excluding diaryl/α,β-unsaturated/α-hetero) is 1. The van der Waals surface area contributed by atoms with E-state index >= 15 is 0 Å². The van der Waals surface area contributed by atoms with Crippen LogP contribution in [0.3, 0.4) is 0 Å². The number of nitrogens with zero attached hydrogens (tertiary/aromatic N) is 1. The van der Waals surface area contributed by atoms with Gasteiger partial charge in [-0.1, -0.05) is 12.1 Å². The molecule has 14 heavy (non-hydrogen) atoms. The van der Waals surface area contributed by atoms with E-state index in [0.29, 0.717) is 17.1 Å². The second-order valence-electron chi connectivity index (χ2n) is 2.84. The third kappa shape index (κ3) is 2.85. The quantitative estimate of drug-likeness (QED) is 0.360. The molecule has 3 nitrogen and oxygen atoms in total. The molecule has 0 atom stereocenters. The van der Waals surface area contributed by atoms with E-state index in [9.17, 15) is 4.79 Å². The molecule has 0 saturated carbocycles. The molecule has 0 bridgehead atoms. The molecule has 1 rings (SSSR count). The van der Waals surface area contributed by atoms with E-state index in [0.717, 1.165) is 0 Å². The number of hydrogen-bond donors (Lipinski definition) is 1. The van der Waals surface area contributed by atoms with Gasteiger partial charge in [-0.2, -0.15) is 0 Å². The van der Waals surface area contributed by atoms with Crippen molar-refractivity contribution in [1.82, 2.24) is 0 Å². The highest BCUT2D eigenvalue weighted by Gasteiger charge is 1.99. The van der Waals surface area contributed by atoms with Gasteiger partial charge in [-0.25, -0.2) is 4.99 Å². The molecule has 0 heterocycles. The second kappa shape index (κ2) is 4.77. The first kappa shape index (κ1) is 10.7. The zero-order valence-corrected chi connectivity index (χ0v) is 8.58. The Bertz CT molecular complexity index is 374. The van der Waals surface area contributed by atoms with Crippen molar-refractivity contribution in [2.45, 2.75) is 6.92 Å². The molecule has 4 heteroatoms. The summed E-state index contributed by atoms with van der Waals surface area (Å²) in [5, 5.41) is 0. The Morgan fingerprint density at radius 2 is 2.29 bits per heavy atom. The molecule has 0 aliphatic carbocycles. The number of benzene rings is 1. The van der Waals surface area contributed by atoms with Crippen molar-refractivity contribution in [3.8, 4) is 0 Å². The lowest BCUT2D eigenvalue weighted by molar-refractivity contribution is 0.101. The number of alkyl halides is 1. The summed E-state index contributed by atoms with van der Waals surface area (Å²) in [4.78, 5) is 15.1. The van der Waals surface area contributed by atoms with Gasteiger partial charge < -0.3 is 5.73 Å². The Morgan fingerprint density at radius 1 is 1.57 bits per heavy atom. The molecule has 0 spiro atoms. The molecule has 0 unspecified atom stereocenters. The maximum atomic E-state index is 11.0. The van der Waals surface area contributed by atoms with Crippen LogP contribution in [0.2, 0.25) is 0 Å². The fourth-order valence-corrected chi connectivity index (χ4v) is 1.05. The van der Waals surface area contributed by atoms with Crippen LogP contribution in [0.15, 0.2) is 29.3 Å². The summed E-state index contributed by atoms with van der Waals surface area (Å²) in [6.45, 7) is 1.51. The number of rotatable bonds is 3. The molecule has 0 amide bonds. The Kier molecular flexibility index (Phi) is 3.65. The molecule has 1 aromatic rings. The number of ketones is 1. The van der Waals surface area contributed by atoms with Gasteiger partial charge >= 0.3 is 0 Å². The number of carbonyl (C=O) groups is 1. The molecule has 1 aromatic carbocycles. The molecule has 0 saturated heterocycles. The topological polar surface area (TPSA) is 55.5 Å². The van der Waals surface area contributed by atoms with Gasteiger partial charge in [0, 0.05) is 5.56 Å². The second-order valence-corrected chi connectivity index (χ2v) is 3.11. The molecular formula is C10H11ClN2O. The first-order chi connectivity index (χ1) is 6.63. The predicted octanol–water partition coefficient (Wildman–Crippen LogP) is 2.12. The highest BCUT2D eigenvalue weighted by atomic mass is 35.5. The Labute approximate surface area is 87.6 Å². The molecular weight excluding hydrogens is 200 g/mol. The molecule has 0 fully saturated rings.